The van der Waals surface area contributed by atoms with Gasteiger partial charge in [-0.05, 0) is 19.1 Å². The fourth-order valence-electron chi connectivity index (χ4n) is 0.617. The molecule has 0 aliphatic carbocycles. The molecule has 0 aromatic carbocycles. The Kier molecular flexibility index (Phi) is 6.19. The zero-order valence-corrected chi connectivity index (χ0v) is 8.56. The van der Waals surface area contributed by atoms with Crippen LogP contribution in [0.1, 0.15) is 32.2 Å². The average Bonchev–Trinajstić information content (AvgIpc) is 2.56. The Labute approximate surface area is 78.0 Å². The normalized spacial score (nSPS) is 9.25. The molecular weight excluding hydrogens is 168 g/mol. The minimum Gasteiger partial charge on any atom is -0.173 e. The third-order valence-electron chi connectivity index (χ3n) is 1.06. The standard InChI is InChI=1S/C7H8N2S.C2H6/c1-3-5-7-6(4-2)8-10-9-7;1-2/h3-5H,2H2,1H3;1-2H3/b5-3-;. The van der Waals surface area contributed by atoms with Crippen LogP contribution in [0.4, 0.5) is 0 Å². The molecule has 0 aliphatic heterocycles. The second-order valence-corrected chi connectivity index (χ2v) is 2.27. The largest absolute Gasteiger partial charge is 0.173 e. The highest BCUT2D eigenvalue weighted by atomic mass is 32.1. The Bertz CT molecular complexity index is 251. The van der Waals surface area contributed by atoms with Crippen LogP contribution in [0.5, 0.6) is 0 Å². The quantitative estimate of drug-likeness (QED) is 0.701. The number of nitrogens with zero attached hydrogens (tertiary/aromatic N) is 2. The molecule has 0 N–H and O–H groups in total. The van der Waals surface area contributed by atoms with Gasteiger partial charge >= 0.3 is 0 Å². The van der Waals surface area contributed by atoms with Gasteiger partial charge in [-0.1, -0.05) is 26.5 Å². The fourth-order valence-corrected chi connectivity index (χ4v) is 1.16. The van der Waals surface area contributed by atoms with Crippen molar-refractivity contribution >= 4 is 23.9 Å². The highest BCUT2D eigenvalue weighted by Crippen LogP contribution is 2.08. The van der Waals surface area contributed by atoms with Crippen molar-refractivity contribution in [3.63, 3.8) is 0 Å². The highest BCUT2D eigenvalue weighted by Gasteiger charge is 1.97. The number of allylic oxidation sites excluding steroid dienone is 1. The number of hydrogen-bond acceptors (Lipinski definition) is 3. The zero-order chi connectivity index (χ0) is 9.40. The summed E-state index contributed by atoms with van der Waals surface area (Å²) in [5, 5.41) is 0. The summed E-state index contributed by atoms with van der Waals surface area (Å²) in [7, 11) is 0. The molecule has 3 heteroatoms. The van der Waals surface area contributed by atoms with Crippen LogP contribution in [-0.4, -0.2) is 8.75 Å². The molecule has 0 fully saturated rings. The molecule has 0 amide bonds. The molecule has 1 heterocycles. The maximum atomic E-state index is 4.05. The van der Waals surface area contributed by atoms with Crippen molar-refractivity contribution in [3.05, 3.63) is 24.0 Å². The van der Waals surface area contributed by atoms with Crippen LogP contribution in [0.2, 0.25) is 0 Å². The van der Waals surface area contributed by atoms with E-state index in [1.807, 2.05) is 32.9 Å². The minimum absolute atomic E-state index is 0.864. The summed E-state index contributed by atoms with van der Waals surface area (Å²) in [6.45, 7) is 9.57. The molecule has 0 atom stereocenters. The lowest BCUT2D eigenvalue weighted by molar-refractivity contribution is 1.43. The molecule has 1 rings (SSSR count). The second-order valence-electron chi connectivity index (χ2n) is 1.74. The summed E-state index contributed by atoms with van der Waals surface area (Å²) in [5.41, 5.74) is 1.77. The first kappa shape index (κ1) is 11.0. The molecule has 0 unspecified atom stereocenters. The van der Waals surface area contributed by atoms with Crippen molar-refractivity contribution in [3.8, 4) is 0 Å². The molecule has 12 heavy (non-hydrogen) atoms. The maximum absolute atomic E-state index is 4.05. The molecule has 0 radical (unpaired) electrons. The third-order valence-corrected chi connectivity index (χ3v) is 1.62. The topological polar surface area (TPSA) is 25.8 Å². The van der Waals surface area contributed by atoms with Gasteiger partial charge in [-0.25, -0.2) is 0 Å². The van der Waals surface area contributed by atoms with Crippen LogP contribution >= 0.6 is 11.7 Å². The van der Waals surface area contributed by atoms with E-state index in [0.717, 1.165) is 11.4 Å². The number of hydrogen-bond donors (Lipinski definition) is 0. The van der Waals surface area contributed by atoms with Crippen molar-refractivity contribution in [1.29, 1.82) is 0 Å². The third kappa shape index (κ3) is 2.96. The lowest BCUT2D eigenvalue weighted by atomic mass is 10.3. The first-order valence-electron chi connectivity index (χ1n) is 3.96. The van der Waals surface area contributed by atoms with Gasteiger partial charge in [-0.2, -0.15) is 8.75 Å². The summed E-state index contributed by atoms with van der Waals surface area (Å²) in [5.74, 6) is 0. The smallest absolute Gasteiger partial charge is 0.104 e. The van der Waals surface area contributed by atoms with E-state index in [1.54, 1.807) is 6.08 Å². The number of aromatic nitrogens is 2. The summed E-state index contributed by atoms with van der Waals surface area (Å²) < 4.78 is 8.06. The number of rotatable bonds is 2. The summed E-state index contributed by atoms with van der Waals surface area (Å²) in [6.07, 6.45) is 5.56. The van der Waals surface area contributed by atoms with Gasteiger partial charge in [0.15, 0.2) is 0 Å². The molecule has 2 nitrogen and oxygen atoms in total. The molecule has 0 bridgehead atoms. The lowest BCUT2D eigenvalue weighted by Crippen LogP contribution is -1.74. The van der Waals surface area contributed by atoms with E-state index in [-0.39, 0.29) is 0 Å². The van der Waals surface area contributed by atoms with Crippen molar-refractivity contribution in [2.24, 2.45) is 0 Å². The van der Waals surface area contributed by atoms with Gasteiger partial charge in [0.1, 0.15) is 11.4 Å². The van der Waals surface area contributed by atoms with Gasteiger partial charge in [0.2, 0.25) is 0 Å². The van der Waals surface area contributed by atoms with Crippen LogP contribution < -0.4 is 0 Å². The van der Waals surface area contributed by atoms with Gasteiger partial charge in [0, 0.05) is 0 Å². The molecular formula is C9H14N2S. The second kappa shape index (κ2) is 6.73. The first-order chi connectivity index (χ1) is 5.88. The van der Waals surface area contributed by atoms with E-state index in [2.05, 4.69) is 15.3 Å². The highest BCUT2D eigenvalue weighted by molar-refractivity contribution is 6.99. The molecule has 0 saturated heterocycles. The van der Waals surface area contributed by atoms with Gasteiger partial charge in [-0.3, -0.25) is 0 Å². The van der Waals surface area contributed by atoms with Crippen LogP contribution in [0.3, 0.4) is 0 Å². The van der Waals surface area contributed by atoms with Crippen molar-refractivity contribution in [2.75, 3.05) is 0 Å². The Hall–Kier alpha value is -0.960. The van der Waals surface area contributed by atoms with E-state index < -0.39 is 0 Å². The molecule has 1 aromatic heterocycles. The average molecular weight is 182 g/mol. The van der Waals surface area contributed by atoms with Crippen LogP contribution in [0, 0.1) is 0 Å². The molecule has 1 aromatic rings. The monoisotopic (exact) mass is 182 g/mol. The predicted molar refractivity (Wildman–Crippen MR) is 56.1 cm³/mol. The Morgan fingerprint density at radius 2 is 1.83 bits per heavy atom. The van der Waals surface area contributed by atoms with E-state index in [4.69, 9.17) is 0 Å². The van der Waals surface area contributed by atoms with E-state index in [1.165, 1.54) is 11.7 Å². The molecule has 66 valence electrons. The SMILES string of the molecule is C=Cc1nsnc1/C=C\C.CC. The van der Waals surface area contributed by atoms with Gasteiger partial charge in [0.25, 0.3) is 0 Å². The van der Waals surface area contributed by atoms with E-state index in [0.29, 0.717) is 0 Å². The van der Waals surface area contributed by atoms with Crippen molar-refractivity contribution in [1.82, 2.24) is 8.75 Å². The Balaban J connectivity index is 0.000000561. The maximum Gasteiger partial charge on any atom is 0.104 e. The summed E-state index contributed by atoms with van der Waals surface area (Å²) in [6, 6.07) is 0. The lowest BCUT2D eigenvalue weighted by Gasteiger charge is -1.82. The fraction of sp³-hybridized carbons (Fsp3) is 0.333. The predicted octanol–water partition coefficient (Wildman–Crippen LogP) is 3.24. The molecule has 0 saturated carbocycles. The summed E-state index contributed by atoms with van der Waals surface area (Å²) >= 11 is 1.21. The van der Waals surface area contributed by atoms with E-state index in [9.17, 15) is 0 Å². The van der Waals surface area contributed by atoms with Gasteiger partial charge < -0.3 is 0 Å². The van der Waals surface area contributed by atoms with E-state index >= 15 is 0 Å². The minimum atomic E-state index is 0.864. The van der Waals surface area contributed by atoms with Gasteiger partial charge in [0.05, 0.1) is 11.7 Å². The molecule has 0 aliphatic rings. The Morgan fingerprint density at radius 1 is 1.25 bits per heavy atom. The van der Waals surface area contributed by atoms with Crippen LogP contribution in [-0.2, 0) is 0 Å². The van der Waals surface area contributed by atoms with Crippen molar-refractivity contribution < 1.29 is 0 Å². The van der Waals surface area contributed by atoms with Crippen LogP contribution in [0.15, 0.2) is 12.7 Å². The summed E-state index contributed by atoms with van der Waals surface area (Å²) in [4.78, 5) is 0. The molecule has 0 spiro atoms. The zero-order valence-electron chi connectivity index (χ0n) is 7.74. The van der Waals surface area contributed by atoms with Gasteiger partial charge in [-0.15, -0.1) is 0 Å². The Morgan fingerprint density at radius 3 is 2.33 bits per heavy atom. The van der Waals surface area contributed by atoms with Crippen molar-refractivity contribution in [2.45, 2.75) is 20.8 Å². The first-order valence-corrected chi connectivity index (χ1v) is 4.69. The van der Waals surface area contributed by atoms with Crippen LogP contribution in [0.25, 0.3) is 12.2 Å².